The number of carbonyl (C=O) groups is 2. The minimum atomic E-state index is -0.969. The zero-order chi connectivity index (χ0) is 18.4. The Kier molecular flexibility index (Phi) is 6.64. The highest BCUT2D eigenvalue weighted by atomic mass is 35.5. The van der Waals surface area contributed by atoms with Crippen LogP contribution in [0.2, 0.25) is 15.1 Å². The lowest BCUT2D eigenvalue weighted by molar-refractivity contribution is -0.136. The van der Waals surface area contributed by atoms with Crippen molar-refractivity contribution in [2.45, 2.75) is 0 Å². The number of rotatable bonds is 4. The monoisotopic (exact) mass is 399 g/mol. The second-order valence-corrected chi connectivity index (χ2v) is 5.94. The second kappa shape index (κ2) is 8.71. The fourth-order valence-corrected chi connectivity index (χ4v) is 2.40. The zero-order valence-electron chi connectivity index (χ0n) is 12.8. The van der Waals surface area contributed by atoms with Crippen LogP contribution in [0, 0.1) is 0 Å². The van der Waals surface area contributed by atoms with Crippen molar-refractivity contribution in [1.82, 2.24) is 5.43 Å². The van der Waals surface area contributed by atoms with Gasteiger partial charge in [-0.1, -0.05) is 40.9 Å². The number of hydrogen-bond acceptors (Lipinski definition) is 4. The molecule has 0 spiro atoms. The normalized spacial score (nSPS) is 10.6. The van der Waals surface area contributed by atoms with Gasteiger partial charge in [0.1, 0.15) is 5.75 Å². The van der Waals surface area contributed by atoms with Crippen LogP contribution in [0.25, 0.3) is 0 Å². The Morgan fingerprint density at radius 2 is 1.72 bits per heavy atom. The van der Waals surface area contributed by atoms with Crippen molar-refractivity contribution in [2.24, 2.45) is 5.10 Å². The standard InChI is InChI=1S/C16H12Cl3N3O3/c1-25-14-5-4-11(18)7-13(14)21-15(23)16(24)22-20-8-9-2-3-10(17)6-12(9)19/h2-8H,1H3,(H,21,23)(H,22,24)/b20-8-. The van der Waals surface area contributed by atoms with E-state index in [9.17, 15) is 9.59 Å². The molecule has 0 bridgehead atoms. The van der Waals surface area contributed by atoms with Crippen LogP contribution in [-0.2, 0) is 9.59 Å². The van der Waals surface area contributed by atoms with Gasteiger partial charge in [0.05, 0.1) is 24.0 Å². The molecule has 130 valence electrons. The van der Waals surface area contributed by atoms with Crippen LogP contribution in [0.15, 0.2) is 41.5 Å². The number of halogens is 3. The molecule has 2 rings (SSSR count). The Morgan fingerprint density at radius 1 is 1.04 bits per heavy atom. The minimum absolute atomic E-state index is 0.264. The molecule has 0 saturated heterocycles. The quantitative estimate of drug-likeness (QED) is 0.466. The van der Waals surface area contributed by atoms with Crippen molar-refractivity contribution >= 4 is 58.5 Å². The number of hydrazone groups is 1. The molecule has 2 amide bonds. The maximum absolute atomic E-state index is 11.9. The molecule has 6 nitrogen and oxygen atoms in total. The molecule has 0 aliphatic carbocycles. The van der Waals surface area contributed by atoms with Crippen molar-refractivity contribution in [1.29, 1.82) is 0 Å². The zero-order valence-corrected chi connectivity index (χ0v) is 15.1. The maximum atomic E-state index is 11.9. The van der Waals surface area contributed by atoms with Crippen LogP contribution >= 0.6 is 34.8 Å². The molecule has 0 fully saturated rings. The fourth-order valence-electron chi connectivity index (χ4n) is 1.77. The van der Waals surface area contributed by atoms with Gasteiger partial charge in [-0.25, -0.2) is 5.43 Å². The summed E-state index contributed by atoms with van der Waals surface area (Å²) in [5, 5.41) is 7.29. The molecule has 0 aliphatic heterocycles. The topological polar surface area (TPSA) is 79.8 Å². The Labute approximate surface area is 158 Å². The molecule has 0 aliphatic rings. The molecule has 9 heteroatoms. The molecule has 2 aromatic rings. The van der Waals surface area contributed by atoms with Gasteiger partial charge in [-0.3, -0.25) is 9.59 Å². The van der Waals surface area contributed by atoms with E-state index in [0.717, 1.165) is 0 Å². The second-order valence-electron chi connectivity index (χ2n) is 4.66. The van der Waals surface area contributed by atoms with E-state index >= 15 is 0 Å². The molecule has 0 aromatic heterocycles. The van der Waals surface area contributed by atoms with Gasteiger partial charge in [0.25, 0.3) is 0 Å². The number of ether oxygens (including phenoxy) is 1. The maximum Gasteiger partial charge on any atom is 0.329 e. The fraction of sp³-hybridized carbons (Fsp3) is 0.0625. The van der Waals surface area contributed by atoms with Gasteiger partial charge in [0.15, 0.2) is 0 Å². The third kappa shape index (κ3) is 5.35. The van der Waals surface area contributed by atoms with Crippen LogP contribution in [0.5, 0.6) is 5.75 Å². The van der Waals surface area contributed by atoms with E-state index in [4.69, 9.17) is 39.5 Å². The van der Waals surface area contributed by atoms with Crippen molar-refractivity contribution in [3.05, 3.63) is 57.0 Å². The Balaban J connectivity index is 2.00. The van der Waals surface area contributed by atoms with Crippen LogP contribution in [-0.4, -0.2) is 25.1 Å². The molecule has 0 radical (unpaired) electrons. The van der Waals surface area contributed by atoms with Crippen molar-refractivity contribution in [2.75, 3.05) is 12.4 Å². The van der Waals surface area contributed by atoms with E-state index in [1.807, 2.05) is 0 Å². The predicted molar refractivity (Wildman–Crippen MR) is 98.8 cm³/mol. The van der Waals surface area contributed by atoms with Crippen LogP contribution < -0.4 is 15.5 Å². The van der Waals surface area contributed by atoms with E-state index in [-0.39, 0.29) is 5.69 Å². The van der Waals surface area contributed by atoms with E-state index in [0.29, 0.717) is 26.4 Å². The highest BCUT2D eigenvalue weighted by Gasteiger charge is 2.15. The first-order valence-corrected chi connectivity index (χ1v) is 7.97. The van der Waals surface area contributed by atoms with E-state index in [1.54, 1.807) is 24.3 Å². The predicted octanol–water partition coefficient (Wildman–Crippen LogP) is 3.74. The van der Waals surface area contributed by atoms with Gasteiger partial charge in [-0.15, -0.1) is 0 Å². The largest absolute Gasteiger partial charge is 0.495 e. The number of nitrogens with one attached hydrogen (secondary N) is 2. The summed E-state index contributed by atoms with van der Waals surface area (Å²) in [6.07, 6.45) is 1.30. The molecule has 2 aromatic carbocycles. The summed E-state index contributed by atoms with van der Waals surface area (Å²) in [4.78, 5) is 23.7. The summed E-state index contributed by atoms with van der Waals surface area (Å²) >= 11 is 17.6. The summed E-state index contributed by atoms with van der Waals surface area (Å²) < 4.78 is 5.08. The number of hydrogen-bond donors (Lipinski definition) is 2. The third-order valence-electron chi connectivity index (χ3n) is 2.95. The summed E-state index contributed by atoms with van der Waals surface area (Å²) in [6.45, 7) is 0. The van der Waals surface area contributed by atoms with Gasteiger partial charge in [-0.05, 0) is 30.3 Å². The minimum Gasteiger partial charge on any atom is -0.495 e. The molecular weight excluding hydrogens is 389 g/mol. The molecular formula is C16H12Cl3N3O3. The first-order chi connectivity index (χ1) is 11.9. The smallest absolute Gasteiger partial charge is 0.329 e. The van der Waals surface area contributed by atoms with Gasteiger partial charge in [0, 0.05) is 15.6 Å². The van der Waals surface area contributed by atoms with E-state index < -0.39 is 11.8 Å². The number of benzene rings is 2. The molecule has 0 atom stereocenters. The summed E-state index contributed by atoms with van der Waals surface area (Å²) in [6, 6.07) is 9.39. The summed E-state index contributed by atoms with van der Waals surface area (Å²) in [5.41, 5.74) is 2.89. The lowest BCUT2D eigenvalue weighted by Crippen LogP contribution is -2.32. The van der Waals surface area contributed by atoms with Gasteiger partial charge < -0.3 is 10.1 Å². The SMILES string of the molecule is COc1ccc(Cl)cc1NC(=O)C(=O)N/N=C\c1ccc(Cl)cc1Cl. The average Bonchev–Trinajstić information content (AvgIpc) is 2.57. The van der Waals surface area contributed by atoms with Gasteiger partial charge in [-0.2, -0.15) is 5.10 Å². The Morgan fingerprint density at radius 3 is 2.40 bits per heavy atom. The highest BCUT2D eigenvalue weighted by molar-refractivity contribution is 6.40. The first-order valence-electron chi connectivity index (χ1n) is 6.83. The van der Waals surface area contributed by atoms with Crippen molar-refractivity contribution in [3.63, 3.8) is 0 Å². The van der Waals surface area contributed by atoms with Gasteiger partial charge >= 0.3 is 11.8 Å². The van der Waals surface area contributed by atoms with E-state index in [2.05, 4.69) is 15.8 Å². The molecule has 0 heterocycles. The lowest BCUT2D eigenvalue weighted by atomic mass is 10.2. The summed E-state index contributed by atoms with van der Waals surface area (Å²) in [5.74, 6) is -1.54. The van der Waals surface area contributed by atoms with Gasteiger partial charge in [0.2, 0.25) is 0 Å². The number of carbonyl (C=O) groups excluding carboxylic acids is 2. The average molecular weight is 401 g/mol. The third-order valence-corrected chi connectivity index (χ3v) is 3.75. The highest BCUT2D eigenvalue weighted by Crippen LogP contribution is 2.27. The van der Waals surface area contributed by atoms with Crippen LogP contribution in [0.1, 0.15) is 5.56 Å². The Bertz CT molecular complexity index is 841. The van der Waals surface area contributed by atoms with Crippen LogP contribution in [0.4, 0.5) is 5.69 Å². The number of methoxy groups -OCH3 is 1. The lowest BCUT2D eigenvalue weighted by Gasteiger charge is -2.09. The number of amides is 2. The van der Waals surface area contributed by atoms with Crippen molar-refractivity contribution < 1.29 is 14.3 Å². The molecule has 25 heavy (non-hydrogen) atoms. The molecule has 0 unspecified atom stereocenters. The first kappa shape index (κ1) is 19.1. The number of anilines is 1. The molecule has 0 saturated carbocycles. The number of nitrogens with zero attached hydrogens (tertiary/aromatic N) is 1. The summed E-state index contributed by atoms with van der Waals surface area (Å²) in [7, 11) is 1.43. The molecule has 2 N–H and O–H groups in total. The van der Waals surface area contributed by atoms with Crippen molar-refractivity contribution in [3.8, 4) is 5.75 Å². The Hall–Kier alpha value is -2.28. The van der Waals surface area contributed by atoms with Crippen LogP contribution in [0.3, 0.4) is 0 Å². The van der Waals surface area contributed by atoms with E-state index in [1.165, 1.54) is 25.5 Å².